The highest BCUT2D eigenvalue weighted by Gasteiger charge is 2.26. The molecule has 2 rings (SSSR count). The van der Waals surface area contributed by atoms with Crippen LogP contribution in [0.3, 0.4) is 0 Å². The molecule has 2 heterocycles. The first-order valence-corrected chi connectivity index (χ1v) is 7.30. The number of aromatic nitrogens is 2. The van der Waals surface area contributed by atoms with Crippen LogP contribution in [-0.4, -0.2) is 33.1 Å². The van der Waals surface area contributed by atoms with E-state index in [9.17, 15) is 0 Å². The van der Waals surface area contributed by atoms with Gasteiger partial charge >= 0.3 is 0 Å². The number of likely N-dealkylation sites (tertiary alicyclic amines) is 1. The lowest BCUT2D eigenvalue weighted by atomic mass is 9.97. The zero-order valence-corrected chi connectivity index (χ0v) is 11.8. The van der Waals surface area contributed by atoms with Gasteiger partial charge in [-0.1, -0.05) is 10.9 Å². The summed E-state index contributed by atoms with van der Waals surface area (Å²) >= 11 is 1.47. The van der Waals surface area contributed by atoms with Crippen molar-refractivity contribution in [2.24, 2.45) is 0 Å². The van der Waals surface area contributed by atoms with Crippen molar-refractivity contribution in [2.75, 3.05) is 11.9 Å². The van der Waals surface area contributed by atoms with Gasteiger partial charge in [0.1, 0.15) is 10.7 Å². The Bertz CT molecular complexity index is 342. The van der Waals surface area contributed by atoms with E-state index in [2.05, 4.69) is 40.6 Å². The van der Waals surface area contributed by atoms with Crippen LogP contribution in [0.25, 0.3) is 0 Å². The number of nitrogens with zero attached hydrogens (tertiary/aromatic N) is 3. The third kappa shape index (κ3) is 2.96. The van der Waals surface area contributed by atoms with E-state index in [0.29, 0.717) is 12.1 Å². The van der Waals surface area contributed by atoms with Gasteiger partial charge in [-0.25, -0.2) is 0 Å². The van der Waals surface area contributed by atoms with Crippen molar-refractivity contribution in [1.29, 1.82) is 0 Å². The Balaban J connectivity index is 2.05. The van der Waals surface area contributed by atoms with Crippen molar-refractivity contribution in [1.82, 2.24) is 14.5 Å². The summed E-state index contributed by atoms with van der Waals surface area (Å²) in [5.74, 6) is 0. The first-order chi connectivity index (χ1) is 8.22. The number of anilines is 1. The van der Waals surface area contributed by atoms with Crippen LogP contribution >= 0.6 is 11.5 Å². The van der Waals surface area contributed by atoms with Gasteiger partial charge in [0, 0.05) is 36.7 Å². The monoisotopic (exact) mass is 254 g/mol. The van der Waals surface area contributed by atoms with E-state index in [1.54, 1.807) is 0 Å². The van der Waals surface area contributed by atoms with E-state index in [-0.39, 0.29) is 0 Å². The molecule has 1 aromatic heterocycles. The van der Waals surface area contributed by atoms with Gasteiger partial charge in [0.05, 0.1) is 0 Å². The first-order valence-electron chi connectivity index (χ1n) is 6.53. The summed E-state index contributed by atoms with van der Waals surface area (Å²) in [7, 11) is 0. The number of rotatable bonds is 4. The molecule has 5 heteroatoms. The van der Waals surface area contributed by atoms with Crippen molar-refractivity contribution in [3.05, 3.63) is 5.69 Å². The molecule has 1 aliphatic heterocycles. The highest BCUT2D eigenvalue weighted by molar-refractivity contribution is 7.10. The molecule has 0 aromatic carbocycles. The van der Waals surface area contributed by atoms with Crippen molar-refractivity contribution >= 4 is 16.5 Å². The summed E-state index contributed by atoms with van der Waals surface area (Å²) in [6.45, 7) is 8.61. The van der Waals surface area contributed by atoms with Crippen molar-refractivity contribution in [3.63, 3.8) is 0 Å². The van der Waals surface area contributed by atoms with E-state index >= 15 is 0 Å². The summed E-state index contributed by atoms with van der Waals surface area (Å²) in [6.07, 6.45) is 3.96. The van der Waals surface area contributed by atoms with E-state index in [4.69, 9.17) is 0 Å². The zero-order chi connectivity index (χ0) is 12.3. The smallest absolute Gasteiger partial charge is 0.134 e. The SMILES string of the molecule is CCNc1snnc1CN1C(C)CCCC1C. The second-order valence-electron chi connectivity index (χ2n) is 4.88. The molecular formula is C12H22N4S. The second kappa shape index (κ2) is 5.78. The van der Waals surface area contributed by atoms with Crippen molar-refractivity contribution in [2.45, 2.75) is 58.7 Å². The summed E-state index contributed by atoms with van der Waals surface area (Å²) < 4.78 is 4.06. The predicted octanol–water partition coefficient (Wildman–Crippen LogP) is 2.73. The Morgan fingerprint density at radius 3 is 2.71 bits per heavy atom. The number of nitrogens with one attached hydrogen (secondary N) is 1. The molecule has 0 radical (unpaired) electrons. The van der Waals surface area contributed by atoms with Crippen molar-refractivity contribution < 1.29 is 0 Å². The fourth-order valence-corrected chi connectivity index (χ4v) is 3.21. The molecule has 0 amide bonds. The maximum atomic E-state index is 4.26. The fourth-order valence-electron chi connectivity index (χ4n) is 2.57. The van der Waals surface area contributed by atoms with Crippen LogP contribution in [0.5, 0.6) is 0 Å². The lowest BCUT2D eigenvalue weighted by molar-refractivity contribution is 0.0940. The van der Waals surface area contributed by atoms with Crippen LogP contribution < -0.4 is 5.32 Å². The largest absolute Gasteiger partial charge is 0.374 e. The molecule has 0 bridgehead atoms. The summed E-state index contributed by atoms with van der Waals surface area (Å²) in [5.41, 5.74) is 1.11. The van der Waals surface area contributed by atoms with Crippen LogP contribution in [0.4, 0.5) is 5.00 Å². The van der Waals surface area contributed by atoms with Gasteiger partial charge < -0.3 is 5.32 Å². The summed E-state index contributed by atoms with van der Waals surface area (Å²) in [6, 6.07) is 1.32. The molecule has 1 fully saturated rings. The van der Waals surface area contributed by atoms with E-state index < -0.39 is 0 Å². The van der Waals surface area contributed by atoms with Gasteiger partial charge in [0.2, 0.25) is 0 Å². The lowest BCUT2D eigenvalue weighted by Gasteiger charge is -2.38. The maximum Gasteiger partial charge on any atom is 0.134 e. The molecular weight excluding hydrogens is 232 g/mol. The molecule has 2 atom stereocenters. The molecule has 1 aromatic rings. The molecule has 0 saturated carbocycles. The zero-order valence-electron chi connectivity index (χ0n) is 10.9. The second-order valence-corrected chi connectivity index (χ2v) is 5.63. The molecule has 1 N–H and O–H groups in total. The number of piperidine rings is 1. The summed E-state index contributed by atoms with van der Waals surface area (Å²) in [4.78, 5) is 2.56. The Hall–Kier alpha value is -0.680. The molecule has 1 saturated heterocycles. The highest BCUT2D eigenvalue weighted by Crippen LogP contribution is 2.27. The van der Waals surface area contributed by atoms with Crippen LogP contribution in [0, 0.1) is 0 Å². The van der Waals surface area contributed by atoms with Gasteiger partial charge in [-0.15, -0.1) is 5.10 Å². The van der Waals surface area contributed by atoms with Crippen molar-refractivity contribution in [3.8, 4) is 0 Å². The third-order valence-corrected chi connectivity index (χ3v) is 4.33. The summed E-state index contributed by atoms with van der Waals surface area (Å²) in [5, 5.41) is 8.74. The molecule has 1 aliphatic rings. The lowest BCUT2D eigenvalue weighted by Crippen LogP contribution is -2.43. The molecule has 2 unspecified atom stereocenters. The average Bonchev–Trinajstić information content (AvgIpc) is 2.72. The molecule has 0 aliphatic carbocycles. The Kier molecular flexibility index (Phi) is 4.34. The van der Waals surface area contributed by atoms with E-state index in [0.717, 1.165) is 23.8 Å². The Morgan fingerprint density at radius 1 is 1.35 bits per heavy atom. The minimum absolute atomic E-state index is 0.662. The molecule has 17 heavy (non-hydrogen) atoms. The minimum Gasteiger partial charge on any atom is -0.374 e. The first kappa shape index (κ1) is 12.8. The fraction of sp³-hybridized carbons (Fsp3) is 0.833. The van der Waals surface area contributed by atoms with Gasteiger partial charge in [-0.2, -0.15) is 0 Å². The van der Waals surface area contributed by atoms with Gasteiger partial charge in [-0.05, 0) is 33.6 Å². The van der Waals surface area contributed by atoms with Crippen LogP contribution in [-0.2, 0) is 6.54 Å². The Labute approximate surface area is 108 Å². The quantitative estimate of drug-likeness (QED) is 0.897. The molecule has 0 spiro atoms. The molecule has 4 nitrogen and oxygen atoms in total. The van der Waals surface area contributed by atoms with E-state index in [1.165, 1.54) is 30.8 Å². The maximum absolute atomic E-state index is 4.26. The number of hydrogen-bond acceptors (Lipinski definition) is 5. The van der Waals surface area contributed by atoms with Gasteiger partial charge in [-0.3, -0.25) is 4.90 Å². The van der Waals surface area contributed by atoms with Gasteiger partial charge in [0.25, 0.3) is 0 Å². The Morgan fingerprint density at radius 2 is 2.06 bits per heavy atom. The predicted molar refractivity (Wildman–Crippen MR) is 72.4 cm³/mol. The average molecular weight is 254 g/mol. The van der Waals surface area contributed by atoms with Crippen LogP contribution in [0.1, 0.15) is 45.7 Å². The van der Waals surface area contributed by atoms with E-state index in [1.807, 2.05) is 0 Å². The highest BCUT2D eigenvalue weighted by atomic mass is 32.1. The van der Waals surface area contributed by atoms with Crippen LogP contribution in [0.2, 0.25) is 0 Å². The van der Waals surface area contributed by atoms with Gasteiger partial charge in [0.15, 0.2) is 0 Å². The third-order valence-electron chi connectivity index (χ3n) is 3.60. The molecule has 96 valence electrons. The topological polar surface area (TPSA) is 41.1 Å². The van der Waals surface area contributed by atoms with Crippen LogP contribution in [0.15, 0.2) is 0 Å². The minimum atomic E-state index is 0.662. The number of hydrogen-bond donors (Lipinski definition) is 1. The normalized spacial score (nSPS) is 26.1. The standard InChI is InChI=1S/C12H22N4S/c1-4-13-12-11(14-15-17-12)8-16-9(2)6-5-7-10(16)3/h9-10,13H,4-8H2,1-3H3.